The molecule has 1 fully saturated rings. The summed E-state index contributed by atoms with van der Waals surface area (Å²) in [5.74, 6) is 0. The Morgan fingerprint density at radius 2 is 1.33 bits per heavy atom. The van der Waals surface area contributed by atoms with Crippen molar-refractivity contribution in [3.05, 3.63) is 0 Å². The van der Waals surface area contributed by atoms with Crippen LogP contribution in [0.4, 0.5) is 9.15 Å². The van der Waals surface area contributed by atoms with Crippen LogP contribution in [0.1, 0.15) is 78.1 Å². The quantitative estimate of drug-likeness (QED) is 0.456. The van der Waals surface area contributed by atoms with Crippen LogP contribution in [0.15, 0.2) is 0 Å². The van der Waals surface area contributed by atoms with Crippen LogP contribution in [0.5, 0.6) is 0 Å². The van der Waals surface area contributed by atoms with E-state index in [0.29, 0.717) is 0 Å². The summed E-state index contributed by atoms with van der Waals surface area (Å²) >= 11 is 0. The Morgan fingerprint density at radius 1 is 0.867 bits per heavy atom. The van der Waals surface area contributed by atoms with Crippen LogP contribution >= 0.6 is 0 Å². The summed E-state index contributed by atoms with van der Waals surface area (Å²) < 4.78 is 16.0. The highest BCUT2D eigenvalue weighted by Crippen LogP contribution is 2.49. The van der Waals surface area contributed by atoms with E-state index in [-0.39, 0.29) is 0 Å². The third-order valence-corrected chi connectivity index (χ3v) is 3.49. The van der Waals surface area contributed by atoms with Gasteiger partial charge in [-0.2, -0.15) is 0 Å². The van der Waals surface area contributed by atoms with Crippen LogP contribution in [-0.2, 0) is 0 Å². The maximum Gasteiger partial charge on any atom is 0 e. The molecule has 1 aliphatic carbocycles. The molecule has 15 heavy (non-hydrogen) atoms. The van der Waals surface area contributed by atoms with Crippen LogP contribution < -0.4 is 0 Å². The van der Waals surface area contributed by atoms with Crippen molar-refractivity contribution in [2.24, 2.45) is 5.41 Å². The molecule has 0 aromatic heterocycles. The zero-order chi connectivity index (χ0) is 11.6. The summed E-state index contributed by atoms with van der Waals surface area (Å²) in [6, 6.07) is 0. The van der Waals surface area contributed by atoms with Crippen LogP contribution in [0.2, 0.25) is 0 Å². The normalized spacial score (nSPS) is 16.8. The lowest BCUT2D eigenvalue weighted by Crippen LogP contribution is -1.92. The van der Waals surface area contributed by atoms with Gasteiger partial charge in [0.1, 0.15) is 0 Å². The zero-order valence-electron chi connectivity index (χ0n) is 10.3. The molecule has 92 valence electrons. The first-order valence-electron chi connectivity index (χ1n) is 6.41. The van der Waals surface area contributed by atoms with Gasteiger partial charge in [-0.05, 0) is 24.7 Å². The Morgan fingerprint density at radius 3 is 1.80 bits per heavy atom. The van der Waals surface area contributed by atoms with Gasteiger partial charge in [-0.25, -0.2) is 0 Å². The van der Waals surface area contributed by atoms with Crippen molar-refractivity contribution in [2.75, 3.05) is 0 Å². The van der Waals surface area contributed by atoms with E-state index < -0.39 is 0 Å². The Labute approximate surface area is 93.3 Å². The average molecular weight is 220 g/mol. The zero-order valence-corrected chi connectivity index (χ0v) is 10.3. The fourth-order valence-electron chi connectivity index (χ4n) is 1.97. The third kappa shape index (κ3) is 8.83. The third-order valence-electron chi connectivity index (χ3n) is 3.49. The van der Waals surface area contributed by atoms with Gasteiger partial charge < -0.3 is 0 Å². The number of halogens is 2. The largest absolute Gasteiger partial charge is 0.0654 e. The molecule has 1 saturated carbocycles. The molecule has 0 aromatic rings. The van der Waals surface area contributed by atoms with E-state index in [2.05, 4.69) is 13.8 Å². The molecule has 0 atom stereocenters. The standard InChI is InChI=1S/C13H26.F2/c1-3-4-5-6-7-8-9-10-13(2)11-12-13;1-2/h3-12H2,1-2H3;. The predicted octanol–water partition coefficient (Wildman–Crippen LogP) is 5.77. The average Bonchev–Trinajstić information content (AvgIpc) is 2.99. The first-order chi connectivity index (χ1) is 7.27. The molecule has 0 N–H and O–H groups in total. The Balaban J connectivity index is 0.000000921. The van der Waals surface area contributed by atoms with Gasteiger partial charge in [-0.1, -0.05) is 58.8 Å². The van der Waals surface area contributed by atoms with E-state index >= 15 is 0 Å². The molecule has 0 aliphatic heterocycles. The summed E-state index contributed by atoms with van der Waals surface area (Å²) in [6.45, 7) is 4.73. The highest BCUT2D eigenvalue weighted by molar-refractivity contribution is 4.87. The fourth-order valence-corrected chi connectivity index (χ4v) is 1.97. The molecular weight excluding hydrogens is 194 g/mol. The smallest absolute Gasteiger partial charge is 0 e. The van der Waals surface area contributed by atoms with E-state index in [9.17, 15) is 0 Å². The highest BCUT2D eigenvalue weighted by atomic mass is 20.0. The summed E-state index contributed by atoms with van der Waals surface area (Å²) in [4.78, 5) is 0. The van der Waals surface area contributed by atoms with Gasteiger partial charge in [0.05, 0.1) is 0 Å². The monoisotopic (exact) mass is 220 g/mol. The Kier molecular flexibility index (Phi) is 9.03. The van der Waals surface area contributed by atoms with Crippen LogP contribution in [0.25, 0.3) is 0 Å². The topological polar surface area (TPSA) is 0 Å². The van der Waals surface area contributed by atoms with Crippen LogP contribution in [0.3, 0.4) is 0 Å². The minimum Gasteiger partial charge on any atom is -0.0654 e. The second-order valence-electron chi connectivity index (χ2n) is 5.18. The molecular formula is C13H26F2. The lowest BCUT2D eigenvalue weighted by Gasteiger charge is -2.06. The first kappa shape index (κ1) is 14.9. The number of rotatable bonds is 8. The van der Waals surface area contributed by atoms with Crippen LogP contribution in [0, 0.1) is 5.41 Å². The van der Waals surface area contributed by atoms with Crippen molar-refractivity contribution in [2.45, 2.75) is 78.1 Å². The molecule has 0 heterocycles. The Bertz CT molecular complexity index is 130. The lowest BCUT2D eigenvalue weighted by molar-refractivity contribution is 0.108. The predicted molar refractivity (Wildman–Crippen MR) is 62.2 cm³/mol. The molecule has 0 amide bonds. The maximum absolute atomic E-state index is 8.00. The van der Waals surface area contributed by atoms with Gasteiger partial charge in [-0.3, -0.25) is 0 Å². The minimum absolute atomic E-state index is 0.795. The van der Waals surface area contributed by atoms with E-state index in [0.717, 1.165) is 5.41 Å². The molecule has 0 radical (unpaired) electrons. The van der Waals surface area contributed by atoms with Crippen LogP contribution in [-0.4, -0.2) is 0 Å². The van der Waals surface area contributed by atoms with Crippen molar-refractivity contribution in [3.63, 3.8) is 0 Å². The SMILES string of the molecule is CCCCCCCCCC1(C)CC1.FF. The second-order valence-corrected chi connectivity index (χ2v) is 5.18. The fraction of sp³-hybridized carbons (Fsp3) is 1.00. The number of hydrogen-bond acceptors (Lipinski definition) is 0. The maximum atomic E-state index is 8.00. The van der Waals surface area contributed by atoms with E-state index in [4.69, 9.17) is 9.15 Å². The van der Waals surface area contributed by atoms with E-state index in [1.54, 1.807) is 0 Å². The summed E-state index contributed by atoms with van der Waals surface area (Å²) in [5.41, 5.74) is 0.795. The van der Waals surface area contributed by atoms with Gasteiger partial charge in [0.2, 0.25) is 0 Å². The molecule has 0 spiro atoms. The van der Waals surface area contributed by atoms with Crippen molar-refractivity contribution in [3.8, 4) is 0 Å². The number of unbranched alkanes of at least 4 members (excludes halogenated alkanes) is 6. The highest BCUT2D eigenvalue weighted by Gasteiger charge is 2.35. The van der Waals surface area contributed by atoms with E-state index in [1.165, 1.54) is 64.2 Å². The molecule has 0 saturated heterocycles. The molecule has 0 aromatic carbocycles. The van der Waals surface area contributed by atoms with Crippen molar-refractivity contribution < 1.29 is 9.15 Å². The molecule has 2 heteroatoms. The minimum atomic E-state index is 0.795. The lowest BCUT2D eigenvalue weighted by atomic mass is 10.00. The summed E-state index contributed by atoms with van der Waals surface area (Å²) in [5, 5.41) is 0. The first-order valence-corrected chi connectivity index (χ1v) is 6.41. The molecule has 1 rings (SSSR count). The molecule has 0 unspecified atom stereocenters. The van der Waals surface area contributed by atoms with Gasteiger partial charge in [0.25, 0.3) is 0 Å². The van der Waals surface area contributed by atoms with Crippen molar-refractivity contribution in [1.29, 1.82) is 0 Å². The Hall–Kier alpha value is -0.140. The van der Waals surface area contributed by atoms with Crippen molar-refractivity contribution in [1.82, 2.24) is 0 Å². The summed E-state index contributed by atoms with van der Waals surface area (Å²) in [7, 11) is 0. The van der Waals surface area contributed by atoms with Gasteiger partial charge >= 0.3 is 0 Å². The van der Waals surface area contributed by atoms with E-state index in [1.807, 2.05) is 0 Å². The molecule has 0 nitrogen and oxygen atoms in total. The van der Waals surface area contributed by atoms with Gasteiger partial charge in [-0.15, -0.1) is 0 Å². The van der Waals surface area contributed by atoms with Gasteiger partial charge in [0.15, 0.2) is 0 Å². The molecule has 0 bridgehead atoms. The van der Waals surface area contributed by atoms with Gasteiger partial charge in [0, 0.05) is 9.15 Å². The number of hydrogen-bond donors (Lipinski definition) is 0. The second kappa shape index (κ2) is 9.11. The summed E-state index contributed by atoms with van der Waals surface area (Å²) in [6.07, 6.45) is 14.7. The molecule has 1 aliphatic rings. The van der Waals surface area contributed by atoms with Crippen molar-refractivity contribution >= 4 is 0 Å².